The van der Waals surface area contributed by atoms with Crippen LogP contribution in [0.1, 0.15) is 17.5 Å². The molecule has 0 aliphatic heterocycles. The molecule has 1 aliphatic carbocycles. The van der Waals surface area contributed by atoms with Gasteiger partial charge in [-0.25, -0.2) is 0 Å². The van der Waals surface area contributed by atoms with Crippen molar-refractivity contribution in [3.05, 3.63) is 187 Å². The average molecular weight is 740 g/mol. The van der Waals surface area contributed by atoms with Crippen LogP contribution in [-0.2, 0) is 6.42 Å². The van der Waals surface area contributed by atoms with E-state index < -0.39 is 0 Å². The predicted octanol–water partition coefficient (Wildman–Crippen LogP) is 15.0. The minimum absolute atomic E-state index is 0.872. The summed E-state index contributed by atoms with van der Waals surface area (Å²) in [5.74, 6) is 7.10. The highest BCUT2D eigenvalue weighted by Crippen LogP contribution is 2.49. The van der Waals surface area contributed by atoms with Gasteiger partial charge in [0, 0.05) is 54.9 Å². The van der Waals surface area contributed by atoms with Crippen molar-refractivity contribution in [2.75, 3.05) is 0 Å². The molecule has 2 heteroatoms. The van der Waals surface area contributed by atoms with Gasteiger partial charge >= 0.3 is 0 Å². The van der Waals surface area contributed by atoms with Crippen molar-refractivity contribution >= 4 is 74.7 Å². The van der Waals surface area contributed by atoms with Crippen LogP contribution < -0.4 is 0 Å². The van der Waals surface area contributed by atoms with Gasteiger partial charge in [0.1, 0.15) is 0 Å². The molecule has 2 aromatic heterocycles. The number of rotatable bonds is 4. The van der Waals surface area contributed by atoms with Gasteiger partial charge in [0.2, 0.25) is 0 Å². The number of nitrogens with zero attached hydrogens (tertiary/aromatic N) is 1. The van der Waals surface area contributed by atoms with Gasteiger partial charge in [0.15, 0.2) is 0 Å². The first kappa shape index (κ1) is 32.2. The van der Waals surface area contributed by atoms with Crippen LogP contribution in [0.2, 0.25) is 0 Å². The molecule has 0 saturated carbocycles. The molecule has 0 unspecified atom stereocenters. The standard InChI is InChI=1S/C55H33NS/c1-2-14-35(15-3-1)51-43-21-8-10-23-45(43)54(46-24-11-9-22-44(46)51)48-26-12-25-47-38-30-29-37(33-50(38)57-55(47)48)53-41-19-6-4-17-39(41)52(40-18-5-7-20-42(40)53)36-28-27-34-16-13-31-56-49(34)32-36/h1-8,10,12-21,23,25-33H,11,24H2. The molecule has 0 saturated heterocycles. The van der Waals surface area contributed by atoms with Crippen molar-refractivity contribution in [3.8, 4) is 56.3 Å². The summed E-state index contributed by atoms with van der Waals surface area (Å²) in [4.78, 5) is 4.71. The summed E-state index contributed by atoms with van der Waals surface area (Å²) in [6.07, 6.45) is 3.70. The number of hydrogen-bond acceptors (Lipinski definition) is 2. The average Bonchev–Trinajstić information content (AvgIpc) is 3.66. The van der Waals surface area contributed by atoms with Crippen molar-refractivity contribution in [3.63, 3.8) is 0 Å². The van der Waals surface area contributed by atoms with Crippen molar-refractivity contribution < 1.29 is 0 Å². The van der Waals surface area contributed by atoms with Gasteiger partial charge in [-0.3, -0.25) is 4.98 Å². The summed E-state index contributed by atoms with van der Waals surface area (Å²) in [6, 6.07) is 62.5. The van der Waals surface area contributed by atoms with E-state index in [2.05, 4.69) is 176 Å². The molecule has 2 heterocycles. The summed E-state index contributed by atoms with van der Waals surface area (Å²) in [7, 11) is 0. The lowest BCUT2D eigenvalue weighted by molar-refractivity contribution is 1.02. The molecular formula is C55H33NS. The van der Waals surface area contributed by atoms with E-state index in [4.69, 9.17) is 4.98 Å². The van der Waals surface area contributed by atoms with Gasteiger partial charge < -0.3 is 0 Å². The Hall–Kier alpha value is -7.05. The van der Waals surface area contributed by atoms with E-state index in [9.17, 15) is 0 Å². The predicted molar refractivity (Wildman–Crippen MR) is 244 cm³/mol. The summed E-state index contributed by atoms with van der Waals surface area (Å²) in [5, 5.41) is 11.3. The van der Waals surface area contributed by atoms with Gasteiger partial charge in [-0.05, 0) is 95.9 Å². The molecule has 12 rings (SSSR count). The Balaban J connectivity index is 1.09. The molecule has 264 valence electrons. The number of pyridine rings is 1. The smallest absolute Gasteiger partial charge is 0.0708 e. The highest BCUT2D eigenvalue weighted by atomic mass is 32.1. The zero-order chi connectivity index (χ0) is 37.5. The van der Waals surface area contributed by atoms with Crippen LogP contribution in [0, 0.1) is 11.8 Å². The fourth-order valence-electron chi connectivity index (χ4n) is 9.55. The lowest BCUT2D eigenvalue weighted by atomic mass is 9.81. The van der Waals surface area contributed by atoms with Crippen molar-refractivity contribution in [2.45, 2.75) is 12.8 Å². The normalized spacial score (nSPS) is 12.4. The topological polar surface area (TPSA) is 12.9 Å². The minimum Gasteiger partial charge on any atom is -0.256 e. The van der Waals surface area contributed by atoms with Gasteiger partial charge in [0.05, 0.1) is 5.52 Å². The lowest BCUT2D eigenvalue weighted by Gasteiger charge is -2.22. The summed E-state index contributed by atoms with van der Waals surface area (Å²) in [6.45, 7) is 0. The van der Waals surface area contributed by atoms with E-state index in [1.165, 1.54) is 108 Å². The van der Waals surface area contributed by atoms with Crippen LogP contribution in [0.4, 0.5) is 0 Å². The van der Waals surface area contributed by atoms with Crippen LogP contribution in [0.25, 0.3) is 108 Å². The molecule has 0 amide bonds. The number of benzene rings is 9. The first-order valence-electron chi connectivity index (χ1n) is 19.7. The number of hydrogen-bond donors (Lipinski definition) is 0. The Kier molecular flexibility index (Phi) is 7.21. The molecule has 1 nitrogen and oxygen atoms in total. The minimum atomic E-state index is 0.872. The number of aromatic nitrogens is 1. The van der Waals surface area contributed by atoms with Gasteiger partial charge in [-0.2, -0.15) is 0 Å². The van der Waals surface area contributed by atoms with Gasteiger partial charge in [0.25, 0.3) is 0 Å². The molecule has 0 atom stereocenters. The Morgan fingerprint density at radius 2 is 1.07 bits per heavy atom. The van der Waals surface area contributed by atoms with E-state index in [0.717, 1.165) is 23.7 Å². The van der Waals surface area contributed by atoms with Crippen molar-refractivity contribution in [1.29, 1.82) is 0 Å². The second-order valence-corrected chi connectivity index (χ2v) is 16.1. The maximum Gasteiger partial charge on any atom is 0.0708 e. The molecular weight excluding hydrogens is 707 g/mol. The van der Waals surface area contributed by atoms with Crippen LogP contribution >= 0.6 is 11.3 Å². The van der Waals surface area contributed by atoms with E-state index in [0.29, 0.717) is 0 Å². The molecule has 0 radical (unpaired) electrons. The lowest BCUT2D eigenvalue weighted by Crippen LogP contribution is -2.03. The van der Waals surface area contributed by atoms with Crippen LogP contribution in [0.3, 0.4) is 0 Å². The quantitative estimate of drug-likeness (QED) is 0.129. The molecule has 0 bridgehead atoms. The fraction of sp³-hybridized carbons (Fsp3) is 0.0364. The molecule has 0 spiro atoms. The second kappa shape index (κ2) is 12.8. The summed E-state index contributed by atoms with van der Waals surface area (Å²) >= 11 is 1.92. The van der Waals surface area contributed by atoms with Gasteiger partial charge in [-0.1, -0.05) is 164 Å². The van der Waals surface area contributed by atoms with Crippen LogP contribution in [-0.4, -0.2) is 4.98 Å². The Morgan fingerprint density at radius 3 is 1.79 bits per heavy atom. The SMILES string of the molecule is C1#Cc2c(c(-c3cccc4c3sc3cc(-c5c6ccccc6c(-c6ccc7cccnc7c6)c6ccccc56)ccc34)c3ccccc3c2-c2ccccc2)CC1. The number of fused-ring (bicyclic) bond motifs is 8. The highest BCUT2D eigenvalue weighted by molar-refractivity contribution is 7.26. The third-order valence-corrected chi connectivity index (χ3v) is 13.2. The molecule has 11 aromatic rings. The van der Waals surface area contributed by atoms with Crippen LogP contribution in [0.15, 0.2) is 176 Å². The zero-order valence-corrected chi connectivity index (χ0v) is 31.8. The third kappa shape index (κ3) is 4.93. The van der Waals surface area contributed by atoms with E-state index >= 15 is 0 Å². The Morgan fingerprint density at radius 1 is 0.456 bits per heavy atom. The Bertz CT molecular complexity index is 3470. The van der Waals surface area contributed by atoms with Crippen LogP contribution in [0.5, 0.6) is 0 Å². The first-order chi connectivity index (χ1) is 28.3. The van der Waals surface area contributed by atoms with E-state index in [1.807, 2.05) is 23.6 Å². The number of thiophene rings is 1. The van der Waals surface area contributed by atoms with Crippen molar-refractivity contribution in [2.24, 2.45) is 0 Å². The molecule has 0 fully saturated rings. The fourth-order valence-corrected chi connectivity index (χ4v) is 10.8. The highest BCUT2D eigenvalue weighted by Gasteiger charge is 2.24. The van der Waals surface area contributed by atoms with E-state index in [-0.39, 0.29) is 0 Å². The van der Waals surface area contributed by atoms with E-state index in [1.54, 1.807) is 0 Å². The zero-order valence-electron chi connectivity index (χ0n) is 31.0. The maximum absolute atomic E-state index is 4.71. The Labute approximate surface area is 334 Å². The largest absolute Gasteiger partial charge is 0.256 e. The molecule has 1 aliphatic rings. The molecule has 0 N–H and O–H groups in total. The van der Waals surface area contributed by atoms with Gasteiger partial charge in [-0.15, -0.1) is 11.3 Å². The second-order valence-electron chi connectivity index (χ2n) is 15.1. The monoisotopic (exact) mass is 739 g/mol. The third-order valence-electron chi connectivity index (χ3n) is 12.0. The van der Waals surface area contributed by atoms with Crippen molar-refractivity contribution in [1.82, 2.24) is 4.98 Å². The first-order valence-corrected chi connectivity index (χ1v) is 20.5. The summed E-state index contributed by atoms with van der Waals surface area (Å²) < 4.78 is 2.63. The molecule has 57 heavy (non-hydrogen) atoms. The molecule has 9 aromatic carbocycles. The summed E-state index contributed by atoms with van der Waals surface area (Å²) in [5.41, 5.74) is 13.6. The maximum atomic E-state index is 4.71.